The van der Waals surface area contributed by atoms with Crippen LogP contribution in [0, 0.1) is 6.54 Å². The van der Waals surface area contributed by atoms with Gasteiger partial charge in [0, 0.05) is 26.2 Å². The van der Waals surface area contributed by atoms with E-state index in [4.69, 9.17) is 0 Å². The fourth-order valence-corrected chi connectivity index (χ4v) is 0.669. The summed E-state index contributed by atoms with van der Waals surface area (Å²) in [6.07, 6.45) is 0. The second kappa shape index (κ2) is 2.28. The Bertz CT molecular complexity index is 48.0. The Labute approximate surface area is 44.5 Å². The third-order valence-corrected chi connectivity index (χ3v) is 1.19. The first-order chi connectivity index (χ1) is 3.39. The zero-order valence-corrected chi connectivity index (χ0v) is 4.65. The number of rotatable bonds is 0. The normalized spacial score (nSPS) is 25.3. The molecule has 1 fully saturated rings. The summed E-state index contributed by atoms with van der Waals surface area (Å²) in [5.74, 6) is 0. The molecule has 0 aromatic carbocycles. The summed E-state index contributed by atoms with van der Waals surface area (Å²) >= 11 is 0. The van der Waals surface area contributed by atoms with Crippen LogP contribution < -0.4 is 5.32 Å². The fourth-order valence-electron chi connectivity index (χ4n) is 0.669. The van der Waals surface area contributed by atoms with Gasteiger partial charge < -0.3 is 10.2 Å². The summed E-state index contributed by atoms with van der Waals surface area (Å²) in [5.41, 5.74) is 0. The molecule has 2 nitrogen and oxygen atoms in total. The van der Waals surface area contributed by atoms with Crippen LogP contribution >= 0.6 is 0 Å². The molecule has 1 aliphatic rings. The number of nitrogens with zero attached hydrogens (tertiary/aromatic N) is 1. The molecule has 1 N–H and O–H groups in total. The Kier molecular flexibility index (Phi) is 1.65. The molecule has 0 spiro atoms. The van der Waals surface area contributed by atoms with Crippen LogP contribution in [0.15, 0.2) is 0 Å². The summed E-state index contributed by atoms with van der Waals surface area (Å²) in [4.78, 5) is 2.27. The summed E-state index contributed by atoms with van der Waals surface area (Å²) < 4.78 is 0. The summed E-state index contributed by atoms with van der Waals surface area (Å²) in [5, 5.41) is 3.15. The highest BCUT2D eigenvalue weighted by Gasteiger charge is 2.01. The molecule has 2 heteroatoms. The quantitative estimate of drug-likeness (QED) is 0.448. The maximum atomic E-state index is 3.15. The lowest BCUT2D eigenvalue weighted by molar-refractivity contribution is 0.319. The molecular weight excluding hydrogens is 88.1 g/mol. The van der Waals surface area contributed by atoms with Crippen molar-refractivity contribution in [2.45, 2.75) is 0 Å². The SMILES string of the molecule is CN1C[CH]NCC1. The molecular formula is C5H11N2. The van der Waals surface area contributed by atoms with E-state index in [1.165, 1.54) is 6.54 Å². The Morgan fingerprint density at radius 2 is 2.57 bits per heavy atom. The molecule has 1 saturated heterocycles. The van der Waals surface area contributed by atoms with Crippen LogP contribution in [0.25, 0.3) is 0 Å². The maximum absolute atomic E-state index is 3.15. The highest BCUT2D eigenvalue weighted by atomic mass is 15.2. The fraction of sp³-hybridized carbons (Fsp3) is 0.800. The van der Waals surface area contributed by atoms with Gasteiger partial charge in [-0.2, -0.15) is 0 Å². The van der Waals surface area contributed by atoms with Gasteiger partial charge in [0.05, 0.1) is 0 Å². The largest absolute Gasteiger partial charge is 0.310 e. The van der Waals surface area contributed by atoms with E-state index in [0.29, 0.717) is 0 Å². The lowest BCUT2D eigenvalue weighted by Gasteiger charge is -2.21. The zero-order valence-electron chi connectivity index (χ0n) is 4.65. The predicted molar refractivity (Wildman–Crippen MR) is 29.8 cm³/mol. The van der Waals surface area contributed by atoms with E-state index >= 15 is 0 Å². The van der Waals surface area contributed by atoms with Crippen LogP contribution in [0.4, 0.5) is 0 Å². The van der Waals surface area contributed by atoms with Gasteiger partial charge in [-0.25, -0.2) is 0 Å². The number of nitrogens with one attached hydrogen (secondary N) is 1. The average molecular weight is 99.2 g/mol. The van der Waals surface area contributed by atoms with E-state index in [9.17, 15) is 0 Å². The average Bonchev–Trinajstić information content (AvgIpc) is 1.69. The minimum Gasteiger partial charge on any atom is -0.310 e. The van der Waals surface area contributed by atoms with E-state index in [2.05, 4.69) is 23.8 Å². The summed E-state index contributed by atoms with van der Waals surface area (Å²) in [7, 11) is 2.12. The first-order valence-corrected chi connectivity index (χ1v) is 2.63. The molecule has 0 atom stereocenters. The monoisotopic (exact) mass is 99.1 g/mol. The molecule has 0 saturated carbocycles. The molecule has 0 aromatic heterocycles. The van der Waals surface area contributed by atoms with E-state index in [1.54, 1.807) is 0 Å². The Hall–Kier alpha value is -0.0800. The Morgan fingerprint density at radius 1 is 1.71 bits per heavy atom. The van der Waals surface area contributed by atoms with Crippen molar-refractivity contribution in [3.63, 3.8) is 0 Å². The van der Waals surface area contributed by atoms with Crippen LogP contribution in [0.3, 0.4) is 0 Å². The molecule has 7 heavy (non-hydrogen) atoms. The van der Waals surface area contributed by atoms with E-state index in [0.717, 1.165) is 13.1 Å². The number of piperazine rings is 1. The van der Waals surface area contributed by atoms with Gasteiger partial charge in [-0.3, -0.25) is 0 Å². The molecule has 1 heterocycles. The minimum absolute atomic E-state index is 1.08. The molecule has 0 unspecified atom stereocenters. The van der Waals surface area contributed by atoms with Crippen molar-refractivity contribution in [3.05, 3.63) is 6.54 Å². The van der Waals surface area contributed by atoms with Crippen molar-refractivity contribution >= 4 is 0 Å². The number of hydrogen-bond donors (Lipinski definition) is 1. The standard InChI is InChI=1S/C5H11N2/c1-7-4-2-6-3-5-7/h2,6H,3-5H2,1H3. The second-order valence-electron chi connectivity index (χ2n) is 1.92. The minimum atomic E-state index is 1.08. The van der Waals surface area contributed by atoms with Gasteiger partial charge in [-0.05, 0) is 7.05 Å². The highest BCUT2D eigenvalue weighted by Crippen LogP contribution is 1.86. The molecule has 1 radical (unpaired) electrons. The van der Waals surface area contributed by atoms with Crippen molar-refractivity contribution in [3.8, 4) is 0 Å². The molecule has 0 bridgehead atoms. The number of hydrogen-bond acceptors (Lipinski definition) is 2. The first-order valence-electron chi connectivity index (χ1n) is 2.63. The molecule has 1 aliphatic heterocycles. The number of likely N-dealkylation sites (N-methyl/N-ethyl adjacent to an activating group) is 1. The predicted octanol–water partition coefficient (Wildman–Crippen LogP) is -0.317. The van der Waals surface area contributed by atoms with Gasteiger partial charge in [0.1, 0.15) is 0 Å². The molecule has 41 valence electrons. The molecule has 1 rings (SSSR count). The van der Waals surface area contributed by atoms with Crippen LogP contribution in [0.1, 0.15) is 0 Å². The Morgan fingerprint density at radius 3 is 2.86 bits per heavy atom. The van der Waals surface area contributed by atoms with Crippen molar-refractivity contribution in [1.29, 1.82) is 0 Å². The second-order valence-corrected chi connectivity index (χ2v) is 1.92. The molecule has 0 amide bonds. The van der Waals surface area contributed by atoms with Gasteiger partial charge in [-0.15, -0.1) is 0 Å². The third kappa shape index (κ3) is 1.45. The molecule has 0 aromatic rings. The summed E-state index contributed by atoms with van der Waals surface area (Å²) in [6.45, 7) is 5.45. The van der Waals surface area contributed by atoms with Crippen molar-refractivity contribution in [2.75, 3.05) is 26.7 Å². The van der Waals surface area contributed by atoms with Crippen LogP contribution in [0.5, 0.6) is 0 Å². The van der Waals surface area contributed by atoms with Gasteiger partial charge in [0.15, 0.2) is 0 Å². The zero-order chi connectivity index (χ0) is 5.11. The van der Waals surface area contributed by atoms with Gasteiger partial charge in [0.25, 0.3) is 0 Å². The van der Waals surface area contributed by atoms with Crippen molar-refractivity contribution in [2.24, 2.45) is 0 Å². The van der Waals surface area contributed by atoms with E-state index in [1.807, 2.05) is 0 Å². The van der Waals surface area contributed by atoms with E-state index in [-0.39, 0.29) is 0 Å². The lowest BCUT2D eigenvalue weighted by atomic mass is 10.4. The van der Waals surface area contributed by atoms with Crippen LogP contribution in [-0.4, -0.2) is 31.6 Å². The lowest BCUT2D eigenvalue weighted by Crippen LogP contribution is -2.37. The van der Waals surface area contributed by atoms with Gasteiger partial charge in [-0.1, -0.05) is 0 Å². The van der Waals surface area contributed by atoms with Crippen LogP contribution in [-0.2, 0) is 0 Å². The van der Waals surface area contributed by atoms with Crippen molar-refractivity contribution in [1.82, 2.24) is 10.2 Å². The highest BCUT2D eigenvalue weighted by molar-refractivity contribution is 4.72. The Balaban J connectivity index is 2.12. The smallest absolute Gasteiger partial charge is 0.0362 e. The third-order valence-electron chi connectivity index (χ3n) is 1.19. The first kappa shape index (κ1) is 5.06. The van der Waals surface area contributed by atoms with Gasteiger partial charge >= 0.3 is 0 Å². The van der Waals surface area contributed by atoms with Gasteiger partial charge in [0.2, 0.25) is 0 Å². The summed E-state index contributed by atoms with van der Waals surface area (Å²) in [6, 6.07) is 0. The topological polar surface area (TPSA) is 15.3 Å². The maximum Gasteiger partial charge on any atom is 0.0362 e. The van der Waals surface area contributed by atoms with E-state index < -0.39 is 0 Å². The van der Waals surface area contributed by atoms with Crippen molar-refractivity contribution < 1.29 is 0 Å². The molecule has 0 aliphatic carbocycles. The van der Waals surface area contributed by atoms with Crippen LogP contribution in [0.2, 0.25) is 0 Å².